The average molecular weight is 433 g/mol. The molecule has 6 heteroatoms. The first-order valence-corrected chi connectivity index (χ1v) is 10.7. The Morgan fingerprint density at radius 3 is 2.43 bits per heavy atom. The summed E-state index contributed by atoms with van der Waals surface area (Å²) in [6.07, 6.45) is 0. The van der Waals surface area contributed by atoms with Crippen LogP contribution in [0, 0.1) is 16.7 Å². The van der Waals surface area contributed by atoms with Crippen molar-refractivity contribution in [2.24, 2.45) is 0 Å². The van der Waals surface area contributed by atoms with Crippen molar-refractivity contribution in [1.82, 2.24) is 8.97 Å². The third-order valence-electron chi connectivity index (χ3n) is 5.36. The molecule has 0 fully saturated rings. The minimum Gasteiger partial charge on any atom is -0.288 e. The smallest absolute Gasteiger partial charge is 0.261 e. The van der Waals surface area contributed by atoms with E-state index in [-0.39, 0.29) is 11.4 Å². The zero-order valence-corrected chi connectivity index (χ0v) is 17.8. The SMILES string of the molecule is Cc1ccccc1Cn1c(=O)c2ccccc2n2c(=S)sc(-c3ccc(F)cc3)c12. The molecule has 0 amide bonds. The molecule has 3 nitrogen and oxygen atoms in total. The summed E-state index contributed by atoms with van der Waals surface area (Å²) in [5.74, 6) is -0.298. The predicted molar refractivity (Wildman–Crippen MR) is 124 cm³/mol. The molecule has 5 rings (SSSR count). The third kappa shape index (κ3) is 3.00. The van der Waals surface area contributed by atoms with E-state index in [1.54, 1.807) is 16.7 Å². The van der Waals surface area contributed by atoms with Gasteiger partial charge in [-0.3, -0.25) is 13.8 Å². The largest absolute Gasteiger partial charge is 0.288 e. The van der Waals surface area contributed by atoms with Crippen LogP contribution in [0.1, 0.15) is 11.1 Å². The number of benzene rings is 3. The molecule has 148 valence electrons. The van der Waals surface area contributed by atoms with E-state index in [2.05, 4.69) is 0 Å². The standard InChI is InChI=1S/C24H17FN2OS2/c1-15-6-2-3-7-17(15)14-26-22-21(16-10-12-18(25)13-11-16)30-24(29)27(22)20-9-5-4-8-19(20)23(26)28/h2-13H,14H2,1H3. The van der Waals surface area contributed by atoms with Crippen LogP contribution in [0.3, 0.4) is 0 Å². The van der Waals surface area contributed by atoms with Gasteiger partial charge in [-0.05, 0) is 60.1 Å². The molecule has 0 atom stereocenters. The fourth-order valence-electron chi connectivity index (χ4n) is 3.81. The molecule has 0 saturated carbocycles. The molecule has 0 aliphatic carbocycles. The second-order valence-corrected chi connectivity index (χ2v) is 8.84. The molecular weight excluding hydrogens is 415 g/mol. The van der Waals surface area contributed by atoms with Gasteiger partial charge in [-0.15, -0.1) is 11.3 Å². The number of aryl methyl sites for hydroxylation is 1. The molecule has 0 bridgehead atoms. The summed E-state index contributed by atoms with van der Waals surface area (Å²) in [6, 6.07) is 21.9. The van der Waals surface area contributed by atoms with Crippen LogP contribution in [0.5, 0.6) is 0 Å². The number of para-hydroxylation sites is 1. The van der Waals surface area contributed by atoms with E-state index in [9.17, 15) is 9.18 Å². The van der Waals surface area contributed by atoms with E-state index < -0.39 is 0 Å². The minimum absolute atomic E-state index is 0.0648. The summed E-state index contributed by atoms with van der Waals surface area (Å²) in [5.41, 5.74) is 4.48. The maximum absolute atomic E-state index is 13.6. The van der Waals surface area contributed by atoms with Crippen LogP contribution in [0.25, 0.3) is 27.0 Å². The van der Waals surface area contributed by atoms with Gasteiger partial charge in [0.25, 0.3) is 5.56 Å². The van der Waals surface area contributed by atoms with Gasteiger partial charge in [-0.2, -0.15) is 0 Å². The lowest BCUT2D eigenvalue weighted by Gasteiger charge is -2.14. The molecule has 0 saturated heterocycles. The van der Waals surface area contributed by atoms with E-state index >= 15 is 0 Å². The van der Waals surface area contributed by atoms with Gasteiger partial charge in [0, 0.05) is 0 Å². The van der Waals surface area contributed by atoms with Gasteiger partial charge in [0.15, 0.2) is 3.95 Å². The number of nitrogens with zero attached hydrogens (tertiary/aromatic N) is 2. The second-order valence-electron chi connectivity index (χ2n) is 7.20. The van der Waals surface area contributed by atoms with Crippen LogP contribution in [0.2, 0.25) is 0 Å². The van der Waals surface area contributed by atoms with Crippen LogP contribution < -0.4 is 5.56 Å². The maximum Gasteiger partial charge on any atom is 0.261 e. The third-order valence-corrected chi connectivity index (χ3v) is 6.77. The second kappa shape index (κ2) is 7.31. The highest BCUT2D eigenvalue weighted by Crippen LogP contribution is 2.33. The molecule has 30 heavy (non-hydrogen) atoms. The van der Waals surface area contributed by atoms with Crippen LogP contribution in [-0.2, 0) is 6.54 Å². The van der Waals surface area contributed by atoms with E-state index in [0.717, 1.165) is 32.7 Å². The Balaban J connectivity index is 1.92. The summed E-state index contributed by atoms with van der Waals surface area (Å²) in [6.45, 7) is 2.47. The van der Waals surface area contributed by atoms with Crippen molar-refractivity contribution in [3.8, 4) is 10.4 Å². The molecule has 5 aromatic rings. The number of aromatic nitrogens is 2. The van der Waals surface area contributed by atoms with Gasteiger partial charge in [-0.25, -0.2) is 4.39 Å². The fraction of sp³-hybridized carbons (Fsp3) is 0.0833. The molecule has 0 N–H and O–H groups in total. The predicted octanol–water partition coefficient (Wildman–Crippen LogP) is 6.21. The Morgan fingerprint density at radius 1 is 0.967 bits per heavy atom. The number of rotatable bonds is 3. The van der Waals surface area contributed by atoms with Crippen molar-refractivity contribution < 1.29 is 4.39 Å². The highest BCUT2D eigenvalue weighted by atomic mass is 32.1. The zero-order chi connectivity index (χ0) is 20.8. The highest BCUT2D eigenvalue weighted by molar-refractivity contribution is 7.73. The quantitative estimate of drug-likeness (QED) is 0.317. The summed E-state index contributed by atoms with van der Waals surface area (Å²) in [5, 5.41) is 0.623. The van der Waals surface area contributed by atoms with E-state index in [0.29, 0.717) is 15.9 Å². The molecule has 2 heterocycles. The van der Waals surface area contributed by atoms with Crippen molar-refractivity contribution >= 4 is 40.1 Å². The molecule has 3 aromatic carbocycles. The van der Waals surface area contributed by atoms with Gasteiger partial charge < -0.3 is 0 Å². The maximum atomic E-state index is 13.6. The summed E-state index contributed by atoms with van der Waals surface area (Å²) >= 11 is 7.15. The van der Waals surface area contributed by atoms with Gasteiger partial charge in [0.1, 0.15) is 11.5 Å². The Hall–Kier alpha value is -3.09. The normalized spacial score (nSPS) is 11.4. The Kier molecular flexibility index (Phi) is 4.60. The number of thiazole rings is 1. The van der Waals surface area contributed by atoms with E-state index in [1.807, 2.05) is 59.9 Å². The first-order chi connectivity index (χ1) is 14.5. The number of fused-ring (bicyclic) bond motifs is 3. The minimum atomic E-state index is -0.298. The van der Waals surface area contributed by atoms with Gasteiger partial charge in [-0.1, -0.05) is 48.5 Å². The number of hydrogen-bond acceptors (Lipinski definition) is 3. The molecular formula is C24H17FN2OS2. The molecule has 0 aliphatic rings. The first kappa shape index (κ1) is 18.9. The highest BCUT2D eigenvalue weighted by Gasteiger charge is 2.18. The average Bonchev–Trinajstić information content (AvgIpc) is 3.10. The lowest BCUT2D eigenvalue weighted by Crippen LogP contribution is -2.24. The molecule has 0 spiro atoms. The van der Waals surface area contributed by atoms with Crippen LogP contribution in [0.4, 0.5) is 4.39 Å². The van der Waals surface area contributed by atoms with E-state index in [4.69, 9.17) is 12.2 Å². The zero-order valence-electron chi connectivity index (χ0n) is 16.1. The van der Waals surface area contributed by atoms with Crippen molar-refractivity contribution in [2.75, 3.05) is 0 Å². The Bertz CT molecular complexity index is 1530. The first-order valence-electron chi connectivity index (χ1n) is 9.52. The van der Waals surface area contributed by atoms with Crippen molar-refractivity contribution in [1.29, 1.82) is 0 Å². The van der Waals surface area contributed by atoms with Crippen LogP contribution in [0.15, 0.2) is 77.6 Å². The number of hydrogen-bond donors (Lipinski definition) is 0. The lowest BCUT2D eigenvalue weighted by atomic mass is 10.1. The van der Waals surface area contributed by atoms with Crippen molar-refractivity contribution in [3.05, 3.63) is 104 Å². The number of halogens is 1. The summed E-state index contributed by atoms with van der Waals surface area (Å²) in [7, 11) is 0. The molecule has 0 radical (unpaired) electrons. The van der Waals surface area contributed by atoms with Gasteiger partial charge in [0.05, 0.1) is 22.3 Å². The van der Waals surface area contributed by atoms with Crippen molar-refractivity contribution in [3.63, 3.8) is 0 Å². The molecule has 2 aromatic heterocycles. The van der Waals surface area contributed by atoms with Gasteiger partial charge >= 0.3 is 0 Å². The molecule has 0 aliphatic heterocycles. The van der Waals surface area contributed by atoms with Crippen LogP contribution in [-0.4, -0.2) is 8.97 Å². The Morgan fingerprint density at radius 2 is 1.67 bits per heavy atom. The monoisotopic (exact) mass is 432 g/mol. The lowest BCUT2D eigenvalue weighted by molar-refractivity contribution is 0.628. The Labute approximate surface area is 181 Å². The summed E-state index contributed by atoms with van der Waals surface area (Å²) < 4.78 is 17.9. The van der Waals surface area contributed by atoms with E-state index in [1.165, 1.54) is 23.5 Å². The summed E-state index contributed by atoms with van der Waals surface area (Å²) in [4.78, 5) is 14.4. The fourth-order valence-corrected chi connectivity index (χ4v) is 5.24. The van der Waals surface area contributed by atoms with Crippen molar-refractivity contribution in [2.45, 2.75) is 13.5 Å². The topological polar surface area (TPSA) is 26.4 Å². The van der Waals surface area contributed by atoms with Crippen LogP contribution >= 0.6 is 23.6 Å². The molecule has 0 unspecified atom stereocenters. The van der Waals surface area contributed by atoms with Gasteiger partial charge in [0.2, 0.25) is 0 Å².